The average Bonchev–Trinajstić information content (AvgIpc) is 2.21. The van der Waals surface area contributed by atoms with Gasteiger partial charge in [0.1, 0.15) is 0 Å². The Morgan fingerprint density at radius 3 is 1.67 bits per heavy atom. The summed E-state index contributed by atoms with van der Waals surface area (Å²) in [6.07, 6.45) is 7.15. The molecular formula is C13H26F2. The topological polar surface area (TPSA) is 0 Å². The molecule has 2 heteroatoms. The zero-order chi connectivity index (χ0) is 11.7. The van der Waals surface area contributed by atoms with Crippen molar-refractivity contribution in [3.8, 4) is 0 Å². The van der Waals surface area contributed by atoms with Crippen LogP contribution in [0, 0.1) is 5.92 Å². The molecule has 1 aliphatic rings. The summed E-state index contributed by atoms with van der Waals surface area (Å²) >= 11 is 0. The van der Waals surface area contributed by atoms with Crippen LogP contribution in [-0.4, -0.2) is 5.92 Å². The van der Waals surface area contributed by atoms with Crippen LogP contribution in [0.4, 0.5) is 8.78 Å². The van der Waals surface area contributed by atoms with Crippen molar-refractivity contribution in [3.05, 3.63) is 0 Å². The second-order valence-electron chi connectivity index (χ2n) is 4.75. The minimum atomic E-state index is -2.34. The molecule has 0 heterocycles. The van der Waals surface area contributed by atoms with Crippen LogP contribution in [0.15, 0.2) is 0 Å². The van der Waals surface area contributed by atoms with Crippen LogP contribution in [0.5, 0.6) is 0 Å². The molecule has 0 N–H and O–H groups in total. The predicted molar refractivity (Wildman–Crippen MR) is 62.4 cm³/mol. The Bertz CT molecular complexity index is 129. The van der Waals surface area contributed by atoms with E-state index in [-0.39, 0.29) is 12.8 Å². The van der Waals surface area contributed by atoms with E-state index in [2.05, 4.69) is 13.8 Å². The van der Waals surface area contributed by atoms with Gasteiger partial charge in [-0.2, -0.15) is 0 Å². The van der Waals surface area contributed by atoms with Crippen molar-refractivity contribution in [2.75, 3.05) is 0 Å². The highest BCUT2D eigenvalue weighted by atomic mass is 19.3. The summed E-state index contributed by atoms with van der Waals surface area (Å²) in [7, 11) is 0. The summed E-state index contributed by atoms with van der Waals surface area (Å²) < 4.78 is 24.8. The lowest BCUT2D eigenvalue weighted by molar-refractivity contribution is -0.0438. The Balaban J connectivity index is 0.000000288. The van der Waals surface area contributed by atoms with Crippen molar-refractivity contribution in [1.82, 2.24) is 0 Å². The zero-order valence-electron chi connectivity index (χ0n) is 10.5. The standard InChI is InChI=1S/C7H12F2.C6H14/c1-6-2-4-7(8,9)5-3-6;1-3-5-6-4-2/h6H,2-5H2,1H3;3-6H2,1-2H3. The molecule has 0 aromatic carbocycles. The largest absolute Gasteiger partial charge is 0.248 e. The highest BCUT2D eigenvalue weighted by molar-refractivity contribution is 4.74. The third-order valence-electron chi connectivity index (χ3n) is 2.96. The van der Waals surface area contributed by atoms with Crippen LogP contribution in [0.1, 0.15) is 72.1 Å². The van der Waals surface area contributed by atoms with E-state index in [9.17, 15) is 8.78 Å². The Morgan fingerprint density at radius 2 is 1.40 bits per heavy atom. The minimum absolute atomic E-state index is 0.105. The van der Waals surface area contributed by atoms with Crippen molar-refractivity contribution in [2.24, 2.45) is 5.92 Å². The van der Waals surface area contributed by atoms with Gasteiger partial charge in [-0.15, -0.1) is 0 Å². The fraction of sp³-hybridized carbons (Fsp3) is 1.00. The van der Waals surface area contributed by atoms with Crippen LogP contribution in [-0.2, 0) is 0 Å². The lowest BCUT2D eigenvalue weighted by atomic mass is 9.88. The first-order chi connectivity index (χ1) is 7.02. The quantitative estimate of drug-likeness (QED) is 0.557. The lowest BCUT2D eigenvalue weighted by Crippen LogP contribution is -2.23. The summed E-state index contributed by atoms with van der Waals surface area (Å²) in [5, 5.41) is 0. The van der Waals surface area contributed by atoms with E-state index < -0.39 is 5.92 Å². The van der Waals surface area contributed by atoms with Gasteiger partial charge in [-0.25, -0.2) is 8.78 Å². The first kappa shape index (κ1) is 14.9. The van der Waals surface area contributed by atoms with Gasteiger partial charge in [0.15, 0.2) is 0 Å². The molecule has 1 fully saturated rings. The molecule has 0 saturated heterocycles. The van der Waals surface area contributed by atoms with Gasteiger partial charge < -0.3 is 0 Å². The Kier molecular flexibility index (Phi) is 7.99. The summed E-state index contributed by atoms with van der Waals surface area (Å²) in [4.78, 5) is 0. The van der Waals surface area contributed by atoms with Crippen LogP contribution in [0.2, 0.25) is 0 Å². The van der Waals surface area contributed by atoms with Gasteiger partial charge in [0.2, 0.25) is 5.92 Å². The fourth-order valence-electron chi connectivity index (χ4n) is 1.68. The summed E-state index contributed by atoms with van der Waals surface area (Å²) in [6, 6.07) is 0. The second kappa shape index (κ2) is 8.06. The summed E-state index contributed by atoms with van der Waals surface area (Å²) in [5.41, 5.74) is 0. The first-order valence-corrected chi connectivity index (χ1v) is 6.39. The molecule has 1 rings (SSSR count). The van der Waals surface area contributed by atoms with Gasteiger partial charge in [0, 0.05) is 12.8 Å². The molecule has 0 nitrogen and oxygen atoms in total. The fourth-order valence-corrected chi connectivity index (χ4v) is 1.68. The van der Waals surface area contributed by atoms with Crippen LogP contribution in [0.25, 0.3) is 0 Å². The number of unbranched alkanes of at least 4 members (excludes halogenated alkanes) is 3. The number of halogens is 2. The molecule has 0 aromatic rings. The molecule has 0 bridgehead atoms. The number of alkyl halides is 2. The van der Waals surface area contributed by atoms with Crippen molar-refractivity contribution >= 4 is 0 Å². The average molecular weight is 220 g/mol. The molecule has 15 heavy (non-hydrogen) atoms. The van der Waals surface area contributed by atoms with Gasteiger partial charge in [0.25, 0.3) is 0 Å². The van der Waals surface area contributed by atoms with E-state index in [0.717, 1.165) is 0 Å². The van der Waals surface area contributed by atoms with Crippen molar-refractivity contribution in [2.45, 2.75) is 78.1 Å². The normalized spacial score (nSPS) is 20.6. The molecule has 0 spiro atoms. The monoisotopic (exact) mass is 220 g/mol. The van der Waals surface area contributed by atoms with Crippen LogP contribution >= 0.6 is 0 Å². The molecule has 0 aromatic heterocycles. The van der Waals surface area contributed by atoms with E-state index in [1.807, 2.05) is 6.92 Å². The Labute approximate surface area is 93.4 Å². The molecule has 0 aliphatic heterocycles. The van der Waals surface area contributed by atoms with Gasteiger partial charge in [-0.1, -0.05) is 46.5 Å². The predicted octanol–water partition coefficient (Wildman–Crippen LogP) is 5.42. The molecule has 0 atom stereocenters. The molecule has 1 aliphatic carbocycles. The van der Waals surface area contributed by atoms with E-state index in [0.29, 0.717) is 18.8 Å². The van der Waals surface area contributed by atoms with Crippen molar-refractivity contribution in [1.29, 1.82) is 0 Å². The molecule has 0 unspecified atom stereocenters. The maximum absolute atomic E-state index is 12.4. The second-order valence-corrected chi connectivity index (χ2v) is 4.75. The van der Waals surface area contributed by atoms with Crippen molar-refractivity contribution in [3.63, 3.8) is 0 Å². The highest BCUT2D eigenvalue weighted by Gasteiger charge is 2.32. The molecule has 92 valence electrons. The third kappa shape index (κ3) is 8.83. The minimum Gasteiger partial charge on any atom is -0.207 e. The van der Waals surface area contributed by atoms with Gasteiger partial charge in [-0.05, 0) is 18.8 Å². The van der Waals surface area contributed by atoms with Crippen molar-refractivity contribution < 1.29 is 8.78 Å². The lowest BCUT2D eigenvalue weighted by Gasteiger charge is -2.25. The maximum atomic E-state index is 12.4. The van der Waals surface area contributed by atoms with E-state index in [1.54, 1.807) is 0 Å². The summed E-state index contributed by atoms with van der Waals surface area (Å²) in [5.74, 6) is -1.82. The highest BCUT2D eigenvalue weighted by Crippen LogP contribution is 2.35. The molecule has 0 amide bonds. The van der Waals surface area contributed by atoms with Crippen LogP contribution < -0.4 is 0 Å². The third-order valence-corrected chi connectivity index (χ3v) is 2.96. The number of rotatable bonds is 3. The van der Waals surface area contributed by atoms with E-state index in [4.69, 9.17) is 0 Å². The first-order valence-electron chi connectivity index (χ1n) is 6.39. The smallest absolute Gasteiger partial charge is 0.207 e. The molecular weight excluding hydrogens is 194 g/mol. The molecule has 1 saturated carbocycles. The Morgan fingerprint density at radius 1 is 1.00 bits per heavy atom. The van der Waals surface area contributed by atoms with Crippen LogP contribution in [0.3, 0.4) is 0 Å². The number of hydrogen-bond donors (Lipinski definition) is 0. The SMILES string of the molecule is CC1CCC(F)(F)CC1.CCCCCC. The van der Waals surface area contributed by atoms with Gasteiger partial charge in [0.05, 0.1) is 0 Å². The van der Waals surface area contributed by atoms with Gasteiger partial charge in [-0.3, -0.25) is 0 Å². The maximum Gasteiger partial charge on any atom is 0.248 e. The van der Waals surface area contributed by atoms with Gasteiger partial charge >= 0.3 is 0 Å². The number of hydrogen-bond acceptors (Lipinski definition) is 0. The molecule has 0 radical (unpaired) electrons. The Hall–Kier alpha value is -0.140. The van der Waals surface area contributed by atoms with E-state index >= 15 is 0 Å². The van der Waals surface area contributed by atoms with E-state index in [1.165, 1.54) is 25.7 Å². The summed E-state index contributed by atoms with van der Waals surface area (Å²) in [6.45, 7) is 6.50. The zero-order valence-corrected chi connectivity index (χ0v) is 10.5.